The molecule has 0 saturated heterocycles. The van der Waals surface area contributed by atoms with E-state index in [9.17, 15) is 10.1 Å². The predicted octanol–water partition coefficient (Wildman–Crippen LogP) is 3.06. The minimum atomic E-state index is -0.482. The lowest BCUT2D eigenvalue weighted by molar-refractivity contribution is -0.384. The third kappa shape index (κ3) is 3.15. The molecule has 0 aliphatic heterocycles. The van der Waals surface area contributed by atoms with E-state index in [2.05, 4.69) is 10.3 Å². The van der Waals surface area contributed by atoms with Gasteiger partial charge in [0.15, 0.2) is 11.7 Å². The third-order valence-corrected chi connectivity index (χ3v) is 3.12. The molecule has 6 nitrogen and oxygen atoms in total. The summed E-state index contributed by atoms with van der Waals surface area (Å²) < 4.78 is 5.56. The number of nitrogens with zero attached hydrogens (tertiary/aromatic N) is 2. The Bertz CT molecular complexity index is 613. The molecule has 0 unspecified atom stereocenters. The highest BCUT2D eigenvalue weighted by Gasteiger charge is 2.21. The number of rotatable bonds is 6. The van der Waals surface area contributed by atoms with Crippen LogP contribution in [0.15, 0.2) is 28.8 Å². The van der Waals surface area contributed by atoms with Crippen LogP contribution in [-0.4, -0.2) is 23.5 Å². The highest BCUT2D eigenvalue weighted by atomic mass is 35.5. The second kappa shape index (κ2) is 6.49. The summed E-state index contributed by atoms with van der Waals surface area (Å²) in [5.41, 5.74) is 0.182. The Morgan fingerprint density at radius 1 is 1.50 bits per heavy atom. The molecular weight excluding hydrogens is 282 g/mol. The van der Waals surface area contributed by atoms with Gasteiger partial charge in [0.1, 0.15) is 5.56 Å². The van der Waals surface area contributed by atoms with Gasteiger partial charge in [-0.05, 0) is 26.1 Å². The second-order valence-corrected chi connectivity index (χ2v) is 4.62. The molecule has 1 aromatic carbocycles. The van der Waals surface area contributed by atoms with Crippen molar-refractivity contribution in [3.05, 3.63) is 45.4 Å². The summed E-state index contributed by atoms with van der Waals surface area (Å²) in [6.45, 7) is 0.851. The number of nitro groups is 1. The summed E-state index contributed by atoms with van der Waals surface area (Å²) in [4.78, 5) is 14.7. The molecule has 106 valence electrons. The van der Waals surface area contributed by atoms with Gasteiger partial charge in [0, 0.05) is 12.5 Å². The molecule has 1 N–H and O–H groups in total. The van der Waals surface area contributed by atoms with Crippen LogP contribution in [0.4, 0.5) is 5.69 Å². The predicted molar refractivity (Wildman–Crippen MR) is 75.9 cm³/mol. The third-order valence-electron chi connectivity index (χ3n) is 2.81. The normalized spacial score (nSPS) is 10.7. The van der Waals surface area contributed by atoms with Gasteiger partial charge in [-0.3, -0.25) is 10.1 Å². The molecule has 20 heavy (non-hydrogen) atoms. The van der Waals surface area contributed by atoms with E-state index < -0.39 is 4.92 Å². The molecule has 0 amide bonds. The molecular formula is C13H14ClN3O3. The summed E-state index contributed by atoms with van der Waals surface area (Å²) in [7, 11) is 1.87. The molecule has 0 aliphatic rings. The van der Waals surface area contributed by atoms with E-state index in [1.165, 1.54) is 18.3 Å². The Balaban J connectivity index is 2.30. The molecule has 0 radical (unpaired) electrons. The van der Waals surface area contributed by atoms with Gasteiger partial charge < -0.3 is 9.73 Å². The fourth-order valence-electron chi connectivity index (χ4n) is 1.87. The first kappa shape index (κ1) is 14.5. The first-order valence-corrected chi connectivity index (χ1v) is 6.54. The molecule has 0 saturated carbocycles. The van der Waals surface area contributed by atoms with Gasteiger partial charge >= 0.3 is 0 Å². The van der Waals surface area contributed by atoms with Gasteiger partial charge in [0.05, 0.1) is 16.1 Å². The van der Waals surface area contributed by atoms with Crippen molar-refractivity contribution < 1.29 is 9.34 Å². The van der Waals surface area contributed by atoms with Gasteiger partial charge in [0.25, 0.3) is 5.69 Å². The quantitative estimate of drug-likeness (QED) is 0.503. The lowest BCUT2D eigenvalue weighted by Gasteiger charge is -2.01. The van der Waals surface area contributed by atoms with E-state index >= 15 is 0 Å². The van der Waals surface area contributed by atoms with Crippen LogP contribution in [-0.2, 0) is 6.42 Å². The number of nitro benzene ring substituents is 1. The number of aromatic nitrogens is 1. The average Bonchev–Trinajstić information content (AvgIpc) is 2.87. The Labute approximate surface area is 120 Å². The summed E-state index contributed by atoms with van der Waals surface area (Å²) >= 11 is 6.04. The summed E-state index contributed by atoms with van der Waals surface area (Å²) in [6, 6.07) is 4.52. The SMILES string of the molecule is CNCCCc1ncc(-c2c(Cl)cccc2[N+](=O)[O-])o1. The monoisotopic (exact) mass is 295 g/mol. The molecule has 2 aromatic rings. The van der Waals surface area contributed by atoms with Crippen LogP contribution in [0, 0.1) is 10.1 Å². The first-order chi connectivity index (χ1) is 9.63. The number of benzene rings is 1. The fraction of sp³-hybridized carbons (Fsp3) is 0.308. The number of hydrogen-bond donors (Lipinski definition) is 1. The molecule has 1 aromatic heterocycles. The topological polar surface area (TPSA) is 81.2 Å². The lowest BCUT2D eigenvalue weighted by Crippen LogP contribution is -2.08. The van der Waals surface area contributed by atoms with Crippen molar-refractivity contribution in [1.29, 1.82) is 0 Å². The summed E-state index contributed by atoms with van der Waals surface area (Å²) in [5.74, 6) is 0.867. The minimum Gasteiger partial charge on any atom is -0.440 e. The first-order valence-electron chi connectivity index (χ1n) is 6.16. The van der Waals surface area contributed by atoms with Crippen molar-refractivity contribution in [3.63, 3.8) is 0 Å². The lowest BCUT2D eigenvalue weighted by atomic mass is 10.1. The van der Waals surface area contributed by atoms with E-state index in [4.69, 9.17) is 16.0 Å². The highest BCUT2D eigenvalue weighted by Crippen LogP contribution is 2.36. The maximum atomic E-state index is 11.0. The fourth-order valence-corrected chi connectivity index (χ4v) is 2.13. The molecule has 7 heteroatoms. The maximum Gasteiger partial charge on any atom is 0.281 e. The zero-order valence-corrected chi connectivity index (χ0v) is 11.7. The Kier molecular flexibility index (Phi) is 4.70. The average molecular weight is 296 g/mol. The van der Waals surface area contributed by atoms with Crippen molar-refractivity contribution in [2.24, 2.45) is 0 Å². The van der Waals surface area contributed by atoms with Crippen molar-refractivity contribution in [3.8, 4) is 11.3 Å². The van der Waals surface area contributed by atoms with Crippen molar-refractivity contribution in [1.82, 2.24) is 10.3 Å². The summed E-state index contributed by atoms with van der Waals surface area (Å²) in [6.07, 6.45) is 3.02. The van der Waals surface area contributed by atoms with Crippen LogP contribution in [0.1, 0.15) is 12.3 Å². The number of halogens is 1. The zero-order valence-electron chi connectivity index (χ0n) is 10.9. The van der Waals surface area contributed by atoms with E-state index in [0.717, 1.165) is 13.0 Å². The smallest absolute Gasteiger partial charge is 0.281 e. The number of oxazole rings is 1. The molecule has 1 heterocycles. The minimum absolute atomic E-state index is 0.0876. The molecule has 2 rings (SSSR count). The number of nitrogens with one attached hydrogen (secondary N) is 1. The van der Waals surface area contributed by atoms with Gasteiger partial charge in [-0.15, -0.1) is 0 Å². The van der Waals surface area contributed by atoms with Gasteiger partial charge in [0.2, 0.25) is 0 Å². The standard InChI is InChI=1S/C13H14ClN3O3/c1-15-7-3-6-12-16-8-11(20-12)13-9(14)4-2-5-10(13)17(18)19/h2,4-5,8,15H,3,6-7H2,1H3. The number of aryl methyl sites for hydroxylation is 1. The largest absolute Gasteiger partial charge is 0.440 e. The van der Waals surface area contributed by atoms with Crippen molar-refractivity contribution >= 4 is 17.3 Å². The van der Waals surface area contributed by atoms with Gasteiger partial charge in [-0.1, -0.05) is 17.7 Å². The van der Waals surface area contributed by atoms with Crippen molar-refractivity contribution in [2.75, 3.05) is 13.6 Å². The second-order valence-electron chi connectivity index (χ2n) is 4.22. The van der Waals surface area contributed by atoms with Gasteiger partial charge in [-0.2, -0.15) is 0 Å². The Morgan fingerprint density at radius 3 is 3.00 bits per heavy atom. The van der Waals surface area contributed by atoms with E-state index in [1.807, 2.05) is 7.05 Å². The van der Waals surface area contributed by atoms with E-state index in [-0.39, 0.29) is 16.3 Å². The molecule has 0 atom stereocenters. The zero-order chi connectivity index (χ0) is 14.5. The highest BCUT2D eigenvalue weighted by molar-refractivity contribution is 6.33. The summed E-state index contributed by atoms with van der Waals surface area (Å²) in [5, 5.41) is 14.3. The maximum absolute atomic E-state index is 11.0. The van der Waals surface area contributed by atoms with Crippen LogP contribution < -0.4 is 5.32 Å². The van der Waals surface area contributed by atoms with E-state index in [0.29, 0.717) is 18.1 Å². The van der Waals surface area contributed by atoms with Gasteiger partial charge in [-0.25, -0.2) is 4.98 Å². The molecule has 0 bridgehead atoms. The van der Waals surface area contributed by atoms with Crippen LogP contribution in [0.25, 0.3) is 11.3 Å². The van der Waals surface area contributed by atoms with Crippen LogP contribution in [0.3, 0.4) is 0 Å². The van der Waals surface area contributed by atoms with Crippen LogP contribution >= 0.6 is 11.6 Å². The Hall–Kier alpha value is -1.92. The number of hydrogen-bond acceptors (Lipinski definition) is 5. The molecule has 0 fully saturated rings. The Morgan fingerprint density at radius 2 is 2.30 bits per heavy atom. The van der Waals surface area contributed by atoms with E-state index in [1.54, 1.807) is 6.07 Å². The molecule has 0 spiro atoms. The van der Waals surface area contributed by atoms with Crippen molar-refractivity contribution in [2.45, 2.75) is 12.8 Å². The molecule has 0 aliphatic carbocycles. The van der Waals surface area contributed by atoms with Crippen LogP contribution in [0.5, 0.6) is 0 Å². The van der Waals surface area contributed by atoms with Crippen LogP contribution in [0.2, 0.25) is 5.02 Å².